The van der Waals surface area contributed by atoms with Crippen molar-refractivity contribution in [3.63, 3.8) is 0 Å². The molecule has 0 spiro atoms. The zero-order chi connectivity index (χ0) is 15.2. The number of methoxy groups -OCH3 is 1. The van der Waals surface area contributed by atoms with Crippen molar-refractivity contribution in [1.29, 1.82) is 0 Å². The van der Waals surface area contributed by atoms with Gasteiger partial charge in [-0.25, -0.2) is 5.43 Å². The van der Waals surface area contributed by atoms with Gasteiger partial charge in [-0.1, -0.05) is 18.2 Å². The van der Waals surface area contributed by atoms with Gasteiger partial charge in [-0.2, -0.15) is 5.10 Å². The molecule has 0 saturated carbocycles. The Morgan fingerprint density at radius 2 is 2.10 bits per heavy atom. The smallest absolute Gasteiger partial charge is 0.124 e. The Morgan fingerprint density at radius 3 is 2.71 bits per heavy atom. The molecule has 6 nitrogen and oxygen atoms in total. The van der Waals surface area contributed by atoms with Crippen molar-refractivity contribution in [3.05, 3.63) is 47.3 Å². The fourth-order valence-electron chi connectivity index (χ4n) is 2.32. The Hall–Kier alpha value is -1.89. The molecule has 1 aromatic heterocycles. The van der Waals surface area contributed by atoms with E-state index < -0.39 is 0 Å². The molecule has 0 aliphatic carbocycles. The third kappa shape index (κ3) is 3.60. The summed E-state index contributed by atoms with van der Waals surface area (Å²) >= 11 is 0. The molecule has 6 heteroatoms. The number of rotatable bonds is 7. The van der Waals surface area contributed by atoms with E-state index in [-0.39, 0.29) is 6.04 Å². The number of benzene rings is 1. The van der Waals surface area contributed by atoms with Gasteiger partial charge in [0.25, 0.3) is 0 Å². The molecule has 0 saturated heterocycles. The van der Waals surface area contributed by atoms with Crippen molar-refractivity contribution in [3.8, 4) is 5.75 Å². The van der Waals surface area contributed by atoms with Crippen molar-refractivity contribution < 1.29 is 9.47 Å². The summed E-state index contributed by atoms with van der Waals surface area (Å²) in [5.74, 6) is 6.56. The highest BCUT2D eigenvalue weighted by Crippen LogP contribution is 2.29. The predicted octanol–water partition coefficient (Wildman–Crippen LogP) is 1.31. The number of hydrogen-bond acceptors (Lipinski definition) is 5. The molecular weight excluding hydrogens is 268 g/mol. The van der Waals surface area contributed by atoms with E-state index in [2.05, 4.69) is 10.5 Å². The van der Waals surface area contributed by atoms with Crippen LogP contribution in [-0.4, -0.2) is 30.1 Å². The highest BCUT2D eigenvalue weighted by Gasteiger charge is 2.20. The van der Waals surface area contributed by atoms with Crippen LogP contribution in [0.4, 0.5) is 0 Å². The molecule has 0 fully saturated rings. The van der Waals surface area contributed by atoms with Crippen LogP contribution in [-0.2, 0) is 11.8 Å². The molecule has 1 aromatic carbocycles. The molecule has 1 unspecified atom stereocenters. The number of hydrogen-bond donors (Lipinski definition) is 2. The number of aryl methyl sites for hydroxylation is 2. The van der Waals surface area contributed by atoms with Crippen molar-refractivity contribution in [2.45, 2.75) is 13.0 Å². The quantitative estimate of drug-likeness (QED) is 0.457. The average Bonchev–Trinajstić information content (AvgIpc) is 2.80. The van der Waals surface area contributed by atoms with Crippen LogP contribution in [0.5, 0.6) is 5.75 Å². The molecule has 3 N–H and O–H groups in total. The van der Waals surface area contributed by atoms with Crippen LogP contribution in [0.2, 0.25) is 0 Å². The second kappa shape index (κ2) is 7.21. The van der Waals surface area contributed by atoms with E-state index in [1.807, 2.05) is 49.0 Å². The molecule has 0 aliphatic rings. The van der Waals surface area contributed by atoms with E-state index in [1.54, 1.807) is 7.11 Å². The number of hydrazine groups is 1. The first-order valence-corrected chi connectivity index (χ1v) is 6.84. The monoisotopic (exact) mass is 290 g/mol. The summed E-state index contributed by atoms with van der Waals surface area (Å²) in [5.41, 5.74) is 5.75. The summed E-state index contributed by atoms with van der Waals surface area (Å²) in [6.45, 7) is 2.99. The van der Waals surface area contributed by atoms with Crippen molar-refractivity contribution in [1.82, 2.24) is 15.2 Å². The van der Waals surface area contributed by atoms with Crippen LogP contribution >= 0.6 is 0 Å². The maximum absolute atomic E-state index is 5.78. The number of ether oxygens (including phenoxy) is 2. The van der Waals surface area contributed by atoms with E-state index in [9.17, 15) is 0 Å². The maximum atomic E-state index is 5.78. The third-order valence-electron chi connectivity index (χ3n) is 3.28. The molecule has 2 rings (SSSR count). The summed E-state index contributed by atoms with van der Waals surface area (Å²) in [5, 5.41) is 4.37. The molecule has 21 heavy (non-hydrogen) atoms. The average molecular weight is 290 g/mol. The Morgan fingerprint density at radius 1 is 1.33 bits per heavy atom. The number of para-hydroxylation sites is 1. The van der Waals surface area contributed by atoms with Crippen LogP contribution in [0.25, 0.3) is 0 Å². The summed E-state index contributed by atoms with van der Waals surface area (Å²) in [4.78, 5) is 0. The van der Waals surface area contributed by atoms with E-state index in [0.717, 1.165) is 22.7 Å². The minimum atomic E-state index is -0.185. The summed E-state index contributed by atoms with van der Waals surface area (Å²) in [6, 6.07) is 9.65. The van der Waals surface area contributed by atoms with E-state index in [0.29, 0.717) is 13.2 Å². The van der Waals surface area contributed by atoms with Crippen molar-refractivity contribution in [2.24, 2.45) is 12.9 Å². The lowest BCUT2D eigenvalue weighted by Crippen LogP contribution is -2.30. The van der Waals surface area contributed by atoms with E-state index in [1.165, 1.54) is 0 Å². The standard InChI is InChI=1S/C15H22N4O2/c1-11-10-13(19(2)18-11)15(17-16)12-6-4-5-7-14(12)21-9-8-20-3/h4-7,10,15,17H,8-9,16H2,1-3H3. The van der Waals surface area contributed by atoms with Crippen molar-refractivity contribution in [2.75, 3.05) is 20.3 Å². The van der Waals surface area contributed by atoms with Gasteiger partial charge >= 0.3 is 0 Å². The van der Waals surface area contributed by atoms with E-state index >= 15 is 0 Å². The molecule has 114 valence electrons. The Bertz CT molecular complexity index is 583. The van der Waals surface area contributed by atoms with Gasteiger partial charge in [0, 0.05) is 19.7 Å². The molecular formula is C15H22N4O2. The fourth-order valence-corrected chi connectivity index (χ4v) is 2.32. The van der Waals surface area contributed by atoms with Gasteiger partial charge in [-0.15, -0.1) is 0 Å². The first-order valence-electron chi connectivity index (χ1n) is 6.84. The van der Waals surface area contributed by atoms with Crippen LogP contribution < -0.4 is 16.0 Å². The largest absolute Gasteiger partial charge is 0.491 e. The SMILES string of the molecule is COCCOc1ccccc1C(NN)c1cc(C)nn1C. The zero-order valence-electron chi connectivity index (χ0n) is 12.7. The van der Waals surface area contributed by atoms with Gasteiger partial charge in [0.05, 0.1) is 24.0 Å². The lowest BCUT2D eigenvalue weighted by molar-refractivity contribution is 0.145. The highest BCUT2D eigenvalue weighted by molar-refractivity contribution is 5.40. The second-order valence-corrected chi connectivity index (χ2v) is 4.81. The molecule has 0 amide bonds. The van der Waals surface area contributed by atoms with Gasteiger partial charge in [0.15, 0.2) is 0 Å². The second-order valence-electron chi connectivity index (χ2n) is 4.81. The Kier molecular flexibility index (Phi) is 5.32. The number of nitrogens with one attached hydrogen (secondary N) is 1. The molecule has 0 bridgehead atoms. The third-order valence-corrected chi connectivity index (χ3v) is 3.28. The molecule has 2 aromatic rings. The first kappa shape index (κ1) is 15.5. The maximum Gasteiger partial charge on any atom is 0.124 e. The summed E-state index contributed by atoms with van der Waals surface area (Å²) < 4.78 is 12.6. The highest BCUT2D eigenvalue weighted by atomic mass is 16.5. The zero-order valence-corrected chi connectivity index (χ0v) is 12.7. The predicted molar refractivity (Wildman–Crippen MR) is 80.9 cm³/mol. The van der Waals surface area contributed by atoms with E-state index in [4.69, 9.17) is 15.3 Å². The number of aromatic nitrogens is 2. The topological polar surface area (TPSA) is 74.3 Å². The lowest BCUT2D eigenvalue weighted by Gasteiger charge is -2.20. The van der Waals surface area contributed by atoms with Gasteiger partial charge in [0.2, 0.25) is 0 Å². The molecule has 0 radical (unpaired) electrons. The normalized spacial score (nSPS) is 12.4. The number of nitrogens with two attached hydrogens (primary N) is 1. The van der Waals surface area contributed by atoms with Gasteiger partial charge in [-0.3, -0.25) is 10.5 Å². The van der Waals surface area contributed by atoms with Gasteiger partial charge in [0.1, 0.15) is 12.4 Å². The van der Waals surface area contributed by atoms with Gasteiger partial charge < -0.3 is 9.47 Å². The van der Waals surface area contributed by atoms with Crippen LogP contribution in [0.15, 0.2) is 30.3 Å². The molecule has 1 heterocycles. The Labute approximate surface area is 124 Å². The summed E-state index contributed by atoms with van der Waals surface area (Å²) in [6.07, 6.45) is 0. The molecule has 1 atom stereocenters. The minimum absolute atomic E-state index is 0.185. The lowest BCUT2D eigenvalue weighted by atomic mass is 10.0. The van der Waals surface area contributed by atoms with Gasteiger partial charge in [-0.05, 0) is 19.1 Å². The van der Waals surface area contributed by atoms with Crippen LogP contribution in [0.3, 0.4) is 0 Å². The fraction of sp³-hybridized carbons (Fsp3) is 0.400. The van der Waals surface area contributed by atoms with Crippen molar-refractivity contribution >= 4 is 0 Å². The summed E-state index contributed by atoms with van der Waals surface area (Å²) in [7, 11) is 3.55. The van der Waals surface area contributed by atoms with Crippen LogP contribution in [0, 0.1) is 6.92 Å². The Balaban J connectivity index is 2.31. The first-order chi connectivity index (χ1) is 10.2. The molecule has 0 aliphatic heterocycles. The van der Waals surface area contributed by atoms with Crippen LogP contribution in [0.1, 0.15) is 23.0 Å². The number of nitrogens with zero attached hydrogens (tertiary/aromatic N) is 2. The minimum Gasteiger partial charge on any atom is -0.491 e.